The maximum absolute atomic E-state index is 4.84. The predicted octanol–water partition coefficient (Wildman–Crippen LogP) is 3.79. The van der Waals surface area contributed by atoms with Crippen molar-refractivity contribution in [3.05, 3.63) is 16.1 Å². The fourth-order valence-electron chi connectivity index (χ4n) is 2.66. The molecule has 1 saturated heterocycles. The minimum atomic E-state index is 0.160. The highest BCUT2D eigenvalue weighted by Gasteiger charge is 2.27. The molecule has 1 aromatic rings. The third-order valence-electron chi connectivity index (χ3n) is 4.03. The van der Waals surface area contributed by atoms with Gasteiger partial charge in [0.15, 0.2) is 0 Å². The summed E-state index contributed by atoms with van der Waals surface area (Å²) >= 11 is 1.82. The zero-order chi connectivity index (χ0) is 15.7. The van der Waals surface area contributed by atoms with Gasteiger partial charge < -0.3 is 5.32 Å². The van der Waals surface area contributed by atoms with Crippen LogP contribution in [0.3, 0.4) is 0 Å². The third-order valence-corrected chi connectivity index (χ3v) is 4.86. The first-order valence-electron chi connectivity index (χ1n) is 8.09. The Morgan fingerprint density at radius 3 is 2.57 bits per heavy atom. The third kappa shape index (κ3) is 5.04. The van der Waals surface area contributed by atoms with E-state index in [9.17, 15) is 0 Å². The Labute approximate surface area is 134 Å². The van der Waals surface area contributed by atoms with Crippen molar-refractivity contribution in [2.75, 3.05) is 13.1 Å². The standard InChI is InChI=1S/C17H31N3S/c1-16(2,3)14-12-21-15(19-14)11-20-9-7-8-13(20)10-18-17(4,5)6/h12-13,18H,7-11H2,1-6H3. The number of nitrogens with zero attached hydrogens (tertiary/aromatic N) is 2. The predicted molar refractivity (Wildman–Crippen MR) is 92.0 cm³/mol. The first kappa shape index (κ1) is 16.9. The molecule has 1 fully saturated rings. The van der Waals surface area contributed by atoms with Gasteiger partial charge in [-0.05, 0) is 40.2 Å². The minimum Gasteiger partial charge on any atom is -0.311 e. The van der Waals surface area contributed by atoms with Gasteiger partial charge in [-0.1, -0.05) is 20.8 Å². The highest BCUT2D eigenvalue weighted by molar-refractivity contribution is 7.09. The molecular weight excluding hydrogens is 278 g/mol. The van der Waals surface area contributed by atoms with Crippen LogP contribution in [-0.4, -0.2) is 34.6 Å². The topological polar surface area (TPSA) is 28.2 Å². The molecule has 0 spiro atoms. The molecule has 0 saturated carbocycles. The lowest BCUT2D eigenvalue weighted by Gasteiger charge is -2.28. The second-order valence-corrected chi connectivity index (χ2v) is 9.22. The highest BCUT2D eigenvalue weighted by Crippen LogP contribution is 2.26. The Balaban J connectivity index is 1.93. The van der Waals surface area contributed by atoms with E-state index in [0.717, 1.165) is 13.1 Å². The molecule has 1 aliphatic rings. The summed E-state index contributed by atoms with van der Waals surface area (Å²) in [6.45, 7) is 16.7. The van der Waals surface area contributed by atoms with Gasteiger partial charge in [-0.3, -0.25) is 4.90 Å². The molecule has 120 valence electrons. The summed E-state index contributed by atoms with van der Waals surface area (Å²) in [4.78, 5) is 7.45. The van der Waals surface area contributed by atoms with E-state index < -0.39 is 0 Å². The highest BCUT2D eigenvalue weighted by atomic mass is 32.1. The van der Waals surface area contributed by atoms with E-state index in [1.807, 2.05) is 11.3 Å². The number of rotatable bonds is 4. The Morgan fingerprint density at radius 2 is 2.00 bits per heavy atom. The van der Waals surface area contributed by atoms with E-state index in [1.165, 1.54) is 30.1 Å². The minimum absolute atomic E-state index is 0.160. The van der Waals surface area contributed by atoms with Crippen LogP contribution in [0.25, 0.3) is 0 Å². The van der Waals surface area contributed by atoms with Crippen molar-refractivity contribution in [2.45, 2.75) is 77.9 Å². The molecule has 1 aromatic heterocycles. The molecule has 1 aliphatic heterocycles. The van der Waals surface area contributed by atoms with Gasteiger partial charge in [-0.15, -0.1) is 11.3 Å². The van der Waals surface area contributed by atoms with E-state index in [4.69, 9.17) is 4.98 Å². The van der Waals surface area contributed by atoms with Gasteiger partial charge in [0.25, 0.3) is 0 Å². The number of hydrogen-bond donors (Lipinski definition) is 1. The summed E-state index contributed by atoms with van der Waals surface area (Å²) in [5.41, 5.74) is 1.59. The molecule has 2 rings (SSSR count). The normalized spacial score (nSPS) is 21.1. The molecular formula is C17H31N3S. The van der Waals surface area contributed by atoms with E-state index in [-0.39, 0.29) is 11.0 Å². The lowest BCUT2D eigenvalue weighted by molar-refractivity contribution is 0.225. The summed E-state index contributed by atoms with van der Waals surface area (Å²) in [6, 6.07) is 0.659. The summed E-state index contributed by atoms with van der Waals surface area (Å²) in [5.74, 6) is 0. The zero-order valence-electron chi connectivity index (χ0n) is 14.5. The molecule has 0 bridgehead atoms. The van der Waals surface area contributed by atoms with Gasteiger partial charge >= 0.3 is 0 Å². The lowest BCUT2D eigenvalue weighted by Crippen LogP contribution is -2.44. The molecule has 0 amide bonds. The van der Waals surface area contributed by atoms with Crippen molar-refractivity contribution < 1.29 is 0 Å². The quantitative estimate of drug-likeness (QED) is 0.917. The smallest absolute Gasteiger partial charge is 0.107 e. The van der Waals surface area contributed by atoms with E-state index in [0.29, 0.717) is 6.04 Å². The molecule has 0 radical (unpaired) electrons. The van der Waals surface area contributed by atoms with Crippen LogP contribution in [0.15, 0.2) is 5.38 Å². The second kappa shape index (κ2) is 6.35. The molecule has 0 aliphatic carbocycles. The van der Waals surface area contributed by atoms with Crippen LogP contribution in [0.1, 0.15) is 65.1 Å². The van der Waals surface area contributed by atoms with Gasteiger partial charge in [-0.25, -0.2) is 4.98 Å². The molecule has 4 heteroatoms. The number of hydrogen-bond acceptors (Lipinski definition) is 4. The molecule has 3 nitrogen and oxygen atoms in total. The van der Waals surface area contributed by atoms with Crippen LogP contribution in [0.5, 0.6) is 0 Å². The van der Waals surface area contributed by atoms with Gasteiger partial charge in [-0.2, -0.15) is 0 Å². The SMILES string of the molecule is CC(C)(C)NCC1CCCN1Cc1nc(C(C)(C)C)cs1. The average molecular weight is 310 g/mol. The summed E-state index contributed by atoms with van der Waals surface area (Å²) in [5, 5.41) is 7.15. The van der Waals surface area contributed by atoms with E-state index in [2.05, 4.69) is 57.1 Å². The fourth-order valence-corrected chi connectivity index (χ4v) is 3.71. The first-order valence-corrected chi connectivity index (χ1v) is 8.97. The van der Waals surface area contributed by atoms with Crippen molar-refractivity contribution in [1.82, 2.24) is 15.2 Å². The van der Waals surface area contributed by atoms with E-state index in [1.54, 1.807) is 0 Å². The number of thiazole rings is 1. The van der Waals surface area contributed by atoms with Gasteiger partial charge in [0, 0.05) is 28.9 Å². The molecule has 1 N–H and O–H groups in total. The fraction of sp³-hybridized carbons (Fsp3) is 0.824. The molecule has 0 aromatic carbocycles. The van der Waals surface area contributed by atoms with Crippen molar-refractivity contribution >= 4 is 11.3 Å². The molecule has 1 unspecified atom stereocenters. The zero-order valence-corrected chi connectivity index (χ0v) is 15.3. The molecule has 2 heterocycles. The van der Waals surface area contributed by atoms with Crippen LogP contribution in [0.4, 0.5) is 0 Å². The molecule has 1 atom stereocenters. The first-order chi connectivity index (χ1) is 9.65. The maximum atomic E-state index is 4.84. The maximum Gasteiger partial charge on any atom is 0.107 e. The Kier molecular flexibility index (Phi) is 5.11. The summed E-state index contributed by atoms with van der Waals surface area (Å²) in [7, 11) is 0. The summed E-state index contributed by atoms with van der Waals surface area (Å²) < 4.78 is 0. The Morgan fingerprint density at radius 1 is 1.29 bits per heavy atom. The average Bonchev–Trinajstić information content (AvgIpc) is 2.94. The Bertz CT molecular complexity index is 453. The van der Waals surface area contributed by atoms with Gasteiger partial charge in [0.05, 0.1) is 12.2 Å². The van der Waals surface area contributed by atoms with Crippen LogP contribution in [0.2, 0.25) is 0 Å². The van der Waals surface area contributed by atoms with E-state index >= 15 is 0 Å². The van der Waals surface area contributed by atoms with Gasteiger partial charge in [0.1, 0.15) is 5.01 Å². The van der Waals surface area contributed by atoms with Crippen LogP contribution >= 0.6 is 11.3 Å². The van der Waals surface area contributed by atoms with Crippen LogP contribution < -0.4 is 5.32 Å². The Hall–Kier alpha value is -0.450. The van der Waals surface area contributed by atoms with Crippen molar-refractivity contribution in [1.29, 1.82) is 0 Å². The van der Waals surface area contributed by atoms with Crippen molar-refractivity contribution in [3.8, 4) is 0 Å². The van der Waals surface area contributed by atoms with Crippen molar-refractivity contribution in [2.24, 2.45) is 0 Å². The second-order valence-electron chi connectivity index (χ2n) is 8.27. The lowest BCUT2D eigenvalue weighted by atomic mass is 9.93. The summed E-state index contributed by atoms with van der Waals surface area (Å²) in [6.07, 6.45) is 2.62. The van der Waals surface area contributed by atoms with Gasteiger partial charge in [0.2, 0.25) is 0 Å². The number of nitrogens with one attached hydrogen (secondary N) is 1. The molecule has 21 heavy (non-hydrogen) atoms. The van der Waals surface area contributed by atoms with Crippen LogP contribution in [-0.2, 0) is 12.0 Å². The monoisotopic (exact) mass is 309 g/mol. The largest absolute Gasteiger partial charge is 0.311 e. The van der Waals surface area contributed by atoms with Crippen molar-refractivity contribution in [3.63, 3.8) is 0 Å². The number of likely N-dealkylation sites (tertiary alicyclic amines) is 1. The number of aromatic nitrogens is 1. The van der Waals surface area contributed by atoms with Crippen LogP contribution in [0, 0.1) is 0 Å².